The number of hydrogen-bond acceptors (Lipinski definition) is 6. The number of carbonyl (C=O) groups excluding carboxylic acids is 2. The molecule has 2 heterocycles. The van der Waals surface area contributed by atoms with E-state index in [0.29, 0.717) is 19.1 Å². The molecule has 0 aromatic heterocycles. The summed E-state index contributed by atoms with van der Waals surface area (Å²) in [7, 11) is 0. The summed E-state index contributed by atoms with van der Waals surface area (Å²) < 4.78 is 5.89. The van der Waals surface area contributed by atoms with Crippen LogP contribution >= 0.6 is 37.2 Å². The van der Waals surface area contributed by atoms with Crippen molar-refractivity contribution in [3.63, 3.8) is 0 Å². The third-order valence-electron chi connectivity index (χ3n) is 4.71. The van der Waals surface area contributed by atoms with Gasteiger partial charge in [-0.05, 0) is 13.8 Å². The van der Waals surface area contributed by atoms with Gasteiger partial charge in [0.25, 0.3) is 0 Å². The van der Waals surface area contributed by atoms with Crippen molar-refractivity contribution in [2.75, 3.05) is 65.5 Å². The van der Waals surface area contributed by atoms with Crippen molar-refractivity contribution >= 4 is 49.0 Å². The number of piperazine rings is 1. The van der Waals surface area contributed by atoms with Crippen molar-refractivity contribution in [2.45, 2.75) is 26.0 Å². The number of ether oxygens (including phenoxy) is 1. The molecule has 8 nitrogen and oxygen atoms in total. The van der Waals surface area contributed by atoms with E-state index in [1.54, 1.807) is 4.90 Å². The molecular weight excluding hydrogens is 417 g/mol. The van der Waals surface area contributed by atoms with Crippen LogP contribution in [-0.4, -0.2) is 104 Å². The number of morpholine rings is 1. The lowest BCUT2D eigenvalue weighted by molar-refractivity contribution is -0.134. The van der Waals surface area contributed by atoms with Crippen LogP contribution in [0.15, 0.2) is 0 Å². The van der Waals surface area contributed by atoms with Gasteiger partial charge in [-0.2, -0.15) is 0 Å². The smallest absolute Gasteiger partial charge is 0.242 e. The molecule has 2 saturated heterocycles. The fourth-order valence-corrected chi connectivity index (χ4v) is 3.15. The second-order valence-corrected chi connectivity index (χ2v) is 6.74. The van der Waals surface area contributed by atoms with Crippen LogP contribution in [0.1, 0.15) is 13.8 Å². The van der Waals surface area contributed by atoms with E-state index in [1.807, 2.05) is 0 Å². The molecule has 1 atom stereocenters. The molecule has 2 rings (SSSR count). The zero-order chi connectivity index (χ0) is 17.5. The van der Waals surface area contributed by atoms with E-state index in [1.165, 1.54) is 0 Å². The highest BCUT2D eigenvalue weighted by Crippen LogP contribution is 2.11. The average molecular weight is 451 g/mol. The first kappa shape index (κ1) is 28.9. The second-order valence-electron chi connectivity index (χ2n) is 6.74. The van der Waals surface area contributed by atoms with Crippen LogP contribution in [0.3, 0.4) is 0 Å². The number of amides is 2. The summed E-state index contributed by atoms with van der Waals surface area (Å²) in [5.74, 6) is -0.345. The van der Waals surface area contributed by atoms with E-state index >= 15 is 0 Å². The SMILES string of the molecule is CC(C)N1CCOC(CN2CCN(C(=O)CNC(=O)CN)CC2)C1.Cl.Cl.Cl. The summed E-state index contributed by atoms with van der Waals surface area (Å²) >= 11 is 0. The molecule has 2 aliphatic heterocycles. The van der Waals surface area contributed by atoms with Gasteiger partial charge in [-0.1, -0.05) is 0 Å². The Kier molecular flexibility index (Phi) is 15.6. The van der Waals surface area contributed by atoms with Crippen molar-refractivity contribution in [1.29, 1.82) is 0 Å². The van der Waals surface area contributed by atoms with E-state index in [-0.39, 0.29) is 68.2 Å². The maximum atomic E-state index is 12.1. The number of hydrogen-bond donors (Lipinski definition) is 2. The van der Waals surface area contributed by atoms with Gasteiger partial charge in [-0.15, -0.1) is 37.2 Å². The van der Waals surface area contributed by atoms with Crippen LogP contribution in [0.5, 0.6) is 0 Å². The molecule has 0 saturated carbocycles. The van der Waals surface area contributed by atoms with Crippen molar-refractivity contribution in [3.05, 3.63) is 0 Å². The minimum Gasteiger partial charge on any atom is -0.374 e. The number of nitrogens with zero attached hydrogens (tertiary/aromatic N) is 3. The Labute approximate surface area is 180 Å². The number of carbonyl (C=O) groups is 2. The standard InChI is InChI=1S/C16H31N5O3.3ClH/c1-13(2)21-7-8-24-14(12-21)11-19-3-5-20(6-4-19)16(23)10-18-15(22)9-17;;;/h13-14H,3-12,17H2,1-2H3,(H,18,22);3*1H. The molecule has 0 aromatic rings. The van der Waals surface area contributed by atoms with Crippen LogP contribution in [0.25, 0.3) is 0 Å². The number of nitrogens with two attached hydrogens (primary N) is 1. The zero-order valence-corrected chi connectivity index (χ0v) is 18.5. The van der Waals surface area contributed by atoms with Crippen molar-refractivity contribution in [3.8, 4) is 0 Å². The third kappa shape index (κ3) is 9.60. The van der Waals surface area contributed by atoms with Crippen LogP contribution in [-0.2, 0) is 14.3 Å². The summed E-state index contributed by atoms with van der Waals surface area (Å²) in [5, 5.41) is 2.53. The highest BCUT2D eigenvalue weighted by atomic mass is 35.5. The summed E-state index contributed by atoms with van der Waals surface area (Å²) in [6.07, 6.45) is 0.243. The predicted molar refractivity (Wildman–Crippen MR) is 113 cm³/mol. The van der Waals surface area contributed by atoms with Crippen LogP contribution in [0, 0.1) is 0 Å². The largest absolute Gasteiger partial charge is 0.374 e. The van der Waals surface area contributed by atoms with Crippen molar-refractivity contribution in [1.82, 2.24) is 20.0 Å². The number of nitrogens with one attached hydrogen (secondary N) is 1. The van der Waals surface area contributed by atoms with Crippen LogP contribution in [0.4, 0.5) is 0 Å². The van der Waals surface area contributed by atoms with Gasteiger partial charge in [0, 0.05) is 51.9 Å². The molecule has 27 heavy (non-hydrogen) atoms. The van der Waals surface area contributed by atoms with E-state index in [2.05, 4.69) is 29.0 Å². The molecule has 1 unspecified atom stereocenters. The average Bonchev–Trinajstić information content (AvgIpc) is 2.60. The quantitative estimate of drug-likeness (QED) is 0.571. The summed E-state index contributed by atoms with van der Waals surface area (Å²) in [4.78, 5) is 29.8. The molecule has 0 aromatic carbocycles. The first-order valence-corrected chi connectivity index (χ1v) is 8.82. The molecule has 0 bridgehead atoms. The predicted octanol–water partition coefficient (Wildman–Crippen LogP) is -0.420. The van der Waals surface area contributed by atoms with Gasteiger partial charge in [0.2, 0.25) is 11.8 Å². The van der Waals surface area contributed by atoms with E-state index < -0.39 is 0 Å². The molecule has 11 heteroatoms. The summed E-state index contributed by atoms with van der Waals surface area (Å²) in [6, 6.07) is 0.551. The monoisotopic (exact) mass is 449 g/mol. The summed E-state index contributed by atoms with van der Waals surface area (Å²) in [6.45, 7) is 11.1. The van der Waals surface area contributed by atoms with E-state index in [9.17, 15) is 9.59 Å². The maximum Gasteiger partial charge on any atom is 0.242 e. The highest BCUT2D eigenvalue weighted by molar-refractivity contribution is 5.86. The molecular formula is C16H34Cl3N5O3. The summed E-state index contributed by atoms with van der Waals surface area (Å²) in [5.41, 5.74) is 5.21. The zero-order valence-electron chi connectivity index (χ0n) is 16.1. The molecule has 2 aliphatic rings. The Morgan fingerprint density at radius 2 is 1.74 bits per heavy atom. The molecule has 0 radical (unpaired) electrons. The fraction of sp³-hybridized carbons (Fsp3) is 0.875. The lowest BCUT2D eigenvalue weighted by Gasteiger charge is -2.40. The van der Waals surface area contributed by atoms with Gasteiger partial charge in [-0.3, -0.25) is 19.4 Å². The van der Waals surface area contributed by atoms with Gasteiger partial charge in [0.1, 0.15) is 0 Å². The minimum atomic E-state index is -0.300. The Bertz CT molecular complexity index is 438. The van der Waals surface area contributed by atoms with Gasteiger partial charge in [0.15, 0.2) is 0 Å². The van der Waals surface area contributed by atoms with Gasteiger partial charge < -0.3 is 20.7 Å². The molecule has 2 amide bonds. The molecule has 2 fully saturated rings. The van der Waals surface area contributed by atoms with E-state index in [0.717, 1.165) is 39.3 Å². The fourth-order valence-electron chi connectivity index (χ4n) is 3.15. The van der Waals surface area contributed by atoms with Crippen molar-refractivity contribution in [2.24, 2.45) is 5.73 Å². The Morgan fingerprint density at radius 3 is 2.30 bits per heavy atom. The molecule has 162 valence electrons. The van der Waals surface area contributed by atoms with Gasteiger partial charge >= 0.3 is 0 Å². The van der Waals surface area contributed by atoms with Gasteiger partial charge in [0.05, 0.1) is 25.8 Å². The second kappa shape index (κ2) is 14.6. The van der Waals surface area contributed by atoms with Gasteiger partial charge in [-0.25, -0.2) is 0 Å². The van der Waals surface area contributed by atoms with E-state index in [4.69, 9.17) is 10.5 Å². The first-order chi connectivity index (χ1) is 11.5. The van der Waals surface area contributed by atoms with Crippen molar-refractivity contribution < 1.29 is 14.3 Å². The third-order valence-corrected chi connectivity index (χ3v) is 4.71. The molecule has 0 spiro atoms. The molecule has 3 N–H and O–H groups in total. The lowest BCUT2D eigenvalue weighted by Crippen LogP contribution is -2.55. The topological polar surface area (TPSA) is 91.1 Å². The number of halogens is 3. The highest BCUT2D eigenvalue weighted by Gasteiger charge is 2.27. The van der Waals surface area contributed by atoms with Crippen LogP contribution in [0.2, 0.25) is 0 Å². The Morgan fingerprint density at radius 1 is 1.11 bits per heavy atom. The maximum absolute atomic E-state index is 12.1. The van der Waals surface area contributed by atoms with Crippen LogP contribution < -0.4 is 11.1 Å². The Hall–Kier alpha value is -0.350. The number of rotatable bonds is 6. The normalized spacial score (nSPS) is 20.9. The lowest BCUT2D eigenvalue weighted by atomic mass is 10.2. The Balaban J connectivity index is 0. The molecule has 0 aliphatic carbocycles. The first-order valence-electron chi connectivity index (χ1n) is 8.82. The minimum absolute atomic E-state index is 0.